The lowest BCUT2D eigenvalue weighted by atomic mass is 10.1. The van der Waals surface area contributed by atoms with Crippen LogP contribution in [-0.4, -0.2) is 101 Å². The average molecular weight is 435 g/mol. The van der Waals surface area contributed by atoms with Gasteiger partial charge in [0, 0.05) is 19.5 Å². The van der Waals surface area contributed by atoms with Crippen LogP contribution in [0.15, 0.2) is 0 Å². The molecule has 0 heterocycles. The van der Waals surface area contributed by atoms with Crippen molar-refractivity contribution in [2.45, 2.75) is 25.8 Å². The highest BCUT2D eigenvalue weighted by Crippen LogP contribution is 1.94. The van der Waals surface area contributed by atoms with Crippen LogP contribution in [0.25, 0.3) is 0 Å². The van der Waals surface area contributed by atoms with E-state index in [2.05, 4.69) is 10.6 Å². The van der Waals surface area contributed by atoms with Crippen molar-refractivity contribution in [2.75, 3.05) is 65.9 Å². The monoisotopic (exact) mass is 435 g/mol. The minimum atomic E-state index is -1.14. The smallest absolute Gasteiger partial charge is 0.320 e. The average Bonchev–Trinajstić information content (AvgIpc) is 2.69. The first-order valence-electron chi connectivity index (χ1n) is 9.65. The largest absolute Gasteiger partial charge is 0.480 e. The summed E-state index contributed by atoms with van der Waals surface area (Å²) in [7, 11) is 0. The Hall–Kier alpha value is -2.12. The van der Waals surface area contributed by atoms with Crippen LogP contribution in [0.4, 0.5) is 0 Å². The van der Waals surface area contributed by atoms with Crippen LogP contribution in [0.5, 0.6) is 0 Å². The normalized spacial score (nSPS) is 11.7. The van der Waals surface area contributed by atoms with Crippen molar-refractivity contribution in [1.29, 1.82) is 0 Å². The lowest BCUT2D eigenvalue weighted by molar-refractivity contribution is -0.138. The Labute approximate surface area is 175 Å². The SMILES string of the molecule is CC(=O)COCCOCCNC(=O)COCCOCCNC(=O)CC[C@H](N)C(=O)O. The van der Waals surface area contributed by atoms with Gasteiger partial charge in [0.2, 0.25) is 11.8 Å². The van der Waals surface area contributed by atoms with Gasteiger partial charge in [-0.25, -0.2) is 0 Å². The molecular weight excluding hydrogens is 402 g/mol. The Morgan fingerprint density at radius 2 is 1.30 bits per heavy atom. The molecule has 0 aliphatic rings. The van der Waals surface area contributed by atoms with Gasteiger partial charge in [0.1, 0.15) is 19.3 Å². The van der Waals surface area contributed by atoms with Gasteiger partial charge >= 0.3 is 5.97 Å². The number of nitrogens with one attached hydrogen (secondary N) is 2. The summed E-state index contributed by atoms with van der Waals surface area (Å²) in [6.07, 6.45) is 0.101. The highest BCUT2D eigenvalue weighted by molar-refractivity contribution is 5.78. The van der Waals surface area contributed by atoms with Gasteiger partial charge in [-0.3, -0.25) is 19.2 Å². The summed E-state index contributed by atoms with van der Waals surface area (Å²) in [5, 5.41) is 13.8. The second-order valence-electron chi connectivity index (χ2n) is 6.22. The third-order valence-electron chi connectivity index (χ3n) is 3.42. The van der Waals surface area contributed by atoms with Crippen LogP contribution < -0.4 is 16.4 Å². The molecule has 0 aliphatic carbocycles. The summed E-state index contributed by atoms with van der Waals surface area (Å²) in [6, 6.07) is -1.05. The van der Waals surface area contributed by atoms with Gasteiger partial charge in [-0.2, -0.15) is 0 Å². The summed E-state index contributed by atoms with van der Waals surface area (Å²) < 4.78 is 20.7. The van der Waals surface area contributed by atoms with Crippen molar-refractivity contribution in [3.63, 3.8) is 0 Å². The van der Waals surface area contributed by atoms with Crippen LogP contribution in [-0.2, 0) is 38.1 Å². The molecule has 0 aromatic heterocycles. The van der Waals surface area contributed by atoms with Crippen LogP contribution in [0, 0.1) is 0 Å². The summed E-state index contributed by atoms with van der Waals surface area (Å²) in [6.45, 7) is 3.75. The lowest BCUT2D eigenvalue weighted by Gasteiger charge is -2.09. The first-order valence-corrected chi connectivity index (χ1v) is 9.65. The number of carbonyl (C=O) groups is 4. The number of carboxylic acid groups (broad SMARTS) is 1. The van der Waals surface area contributed by atoms with Gasteiger partial charge in [0.25, 0.3) is 0 Å². The van der Waals surface area contributed by atoms with Gasteiger partial charge in [0.15, 0.2) is 5.78 Å². The van der Waals surface area contributed by atoms with E-state index in [-0.39, 0.29) is 70.0 Å². The van der Waals surface area contributed by atoms with E-state index in [0.717, 1.165) is 0 Å². The van der Waals surface area contributed by atoms with Crippen molar-refractivity contribution >= 4 is 23.6 Å². The van der Waals surface area contributed by atoms with Crippen molar-refractivity contribution in [1.82, 2.24) is 10.6 Å². The maximum Gasteiger partial charge on any atom is 0.320 e. The van der Waals surface area contributed by atoms with E-state index in [1.54, 1.807) is 0 Å². The molecule has 2 amide bonds. The molecule has 30 heavy (non-hydrogen) atoms. The number of ether oxygens (including phenoxy) is 4. The second-order valence-corrected chi connectivity index (χ2v) is 6.22. The number of hydrogen-bond acceptors (Lipinski definition) is 9. The molecule has 0 fully saturated rings. The topological polar surface area (TPSA) is 176 Å². The van der Waals surface area contributed by atoms with Crippen LogP contribution in [0.1, 0.15) is 19.8 Å². The van der Waals surface area contributed by atoms with E-state index < -0.39 is 12.0 Å². The zero-order valence-electron chi connectivity index (χ0n) is 17.4. The first-order chi connectivity index (χ1) is 14.3. The second kappa shape index (κ2) is 18.9. The predicted octanol–water partition coefficient (Wildman–Crippen LogP) is -1.93. The minimum Gasteiger partial charge on any atom is -0.480 e. The third kappa shape index (κ3) is 19.2. The fraction of sp³-hybridized carbons (Fsp3) is 0.778. The van der Waals surface area contributed by atoms with E-state index in [0.29, 0.717) is 26.4 Å². The third-order valence-corrected chi connectivity index (χ3v) is 3.42. The van der Waals surface area contributed by atoms with Gasteiger partial charge in [-0.1, -0.05) is 0 Å². The Morgan fingerprint density at radius 1 is 0.800 bits per heavy atom. The summed E-state index contributed by atoms with van der Waals surface area (Å²) >= 11 is 0. The molecule has 174 valence electrons. The fourth-order valence-electron chi connectivity index (χ4n) is 1.90. The predicted molar refractivity (Wildman–Crippen MR) is 105 cm³/mol. The molecule has 0 saturated heterocycles. The summed E-state index contributed by atoms with van der Waals surface area (Å²) in [5.41, 5.74) is 5.31. The molecular formula is C18H33N3O9. The summed E-state index contributed by atoms with van der Waals surface area (Å²) in [4.78, 5) is 44.2. The van der Waals surface area contributed by atoms with Gasteiger partial charge in [-0.15, -0.1) is 0 Å². The fourth-order valence-corrected chi connectivity index (χ4v) is 1.90. The van der Waals surface area contributed by atoms with Crippen LogP contribution in [0.2, 0.25) is 0 Å². The molecule has 1 atom stereocenters. The Bertz CT molecular complexity index is 517. The number of amides is 2. The minimum absolute atomic E-state index is 0.0321. The van der Waals surface area contributed by atoms with Crippen molar-refractivity contribution in [2.24, 2.45) is 5.73 Å². The molecule has 0 radical (unpaired) electrons. The van der Waals surface area contributed by atoms with Gasteiger partial charge in [-0.05, 0) is 13.3 Å². The number of nitrogens with two attached hydrogens (primary N) is 1. The number of ketones is 1. The van der Waals surface area contributed by atoms with Crippen molar-refractivity contribution in [3.8, 4) is 0 Å². The van der Waals surface area contributed by atoms with Gasteiger partial charge < -0.3 is 40.4 Å². The highest BCUT2D eigenvalue weighted by atomic mass is 16.5. The van der Waals surface area contributed by atoms with E-state index in [1.165, 1.54) is 6.92 Å². The number of hydrogen-bond donors (Lipinski definition) is 4. The van der Waals surface area contributed by atoms with Crippen LogP contribution >= 0.6 is 0 Å². The molecule has 0 bridgehead atoms. The first kappa shape index (κ1) is 27.9. The maximum absolute atomic E-state index is 11.5. The van der Waals surface area contributed by atoms with E-state index in [1.807, 2.05) is 0 Å². The molecule has 0 rings (SSSR count). The van der Waals surface area contributed by atoms with E-state index in [4.69, 9.17) is 29.8 Å². The Morgan fingerprint density at radius 3 is 1.83 bits per heavy atom. The van der Waals surface area contributed by atoms with Gasteiger partial charge in [0.05, 0.1) is 39.6 Å². The lowest BCUT2D eigenvalue weighted by Crippen LogP contribution is -2.33. The highest BCUT2D eigenvalue weighted by Gasteiger charge is 2.13. The molecule has 12 nitrogen and oxygen atoms in total. The standard InChI is InChI=1S/C18H33N3O9/c1-14(22)12-29-10-8-28-7-5-21-17(24)13-30-11-9-27-6-4-20-16(23)3-2-15(19)18(25)26/h15H,2-13,19H2,1H3,(H,20,23)(H,21,24)(H,25,26)/t15-/m0/s1. The Kier molecular flexibility index (Phi) is 17.5. The molecule has 0 spiro atoms. The molecule has 5 N–H and O–H groups in total. The molecule has 0 unspecified atom stereocenters. The van der Waals surface area contributed by atoms with E-state index in [9.17, 15) is 19.2 Å². The Balaban J connectivity index is 3.36. The van der Waals surface area contributed by atoms with Crippen molar-refractivity contribution in [3.05, 3.63) is 0 Å². The zero-order valence-corrected chi connectivity index (χ0v) is 17.4. The maximum atomic E-state index is 11.5. The number of rotatable bonds is 20. The molecule has 0 aliphatic heterocycles. The van der Waals surface area contributed by atoms with E-state index >= 15 is 0 Å². The molecule has 0 aromatic rings. The molecule has 12 heteroatoms. The number of Topliss-reactive ketones (excluding diaryl/α,β-unsaturated/α-hetero) is 1. The summed E-state index contributed by atoms with van der Waals surface area (Å²) in [5.74, 6) is -1.76. The number of carboxylic acids is 1. The zero-order chi connectivity index (χ0) is 22.6. The van der Waals surface area contributed by atoms with Crippen LogP contribution in [0.3, 0.4) is 0 Å². The molecule has 0 saturated carbocycles. The number of aliphatic carboxylic acids is 1. The molecule has 0 aromatic carbocycles. The van der Waals surface area contributed by atoms with Crippen molar-refractivity contribution < 1.29 is 43.2 Å². The number of carbonyl (C=O) groups excluding carboxylic acids is 3. The quantitative estimate of drug-likeness (QED) is 0.157.